The minimum Gasteiger partial charge on any atom is -0.371 e. The molecule has 8 rings (SSSR count). The van der Waals surface area contributed by atoms with E-state index in [0.29, 0.717) is 22.9 Å². The van der Waals surface area contributed by atoms with Gasteiger partial charge in [0.25, 0.3) is 17.5 Å². The van der Waals surface area contributed by atoms with Crippen LogP contribution in [0, 0.1) is 16.0 Å². The van der Waals surface area contributed by atoms with Gasteiger partial charge in [-0.25, -0.2) is 4.98 Å². The third-order valence-electron chi connectivity index (χ3n) is 10.5. The van der Waals surface area contributed by atoms with Gasteiger partial charge in [0.05, 0.1) is 26.6 Å². The van der Waals surface area contributed by atoms with Gasteiger partial charge in [0.2, 0.25) is 11.8 Å². The van der Waals surface area contributed by atoms with E-state index >= 15 is 0 Å². The number of rotatable bonds is 7. The van der Waals surface area contributed by atoms with Crippen LogP contribution in [0.1, 0.15) is 52.8 Å². The molecule has 1 aromatic heterocycles. The first-order valence-electron chi connectivity index (χ1n) is 17.0. The molecule has 50 heavy (non-hydrogen) atoms. The highest BCUT2D eigenvalue weighted by Gasteiger charge is 2.44. The second-order valence-corrected chi connectivity index (χ2v) is 14.5. The first kappa shape index (κ1) is 32.2. The summed E-state index contributed by atoms with van der Waals surface area (Å²) < 4.78 is 0. The zero-order valence-corrected chi connectivity index (χ0v) is 28.1. The maximum atomic E-state index is 13.3. The van der Waals surface area contributed by atoms with E-state index in [1.54, 1.807) is 18.2 Å². The lowest BCUT2D eigenvalue weighted by atomic mass is 9.93. The summed E-state index contributed by atoms with van der Waals surface area (Å²) in [5.74, 6) is -0.666. The number of anilines is 4. The number of piperidine rings is 2. The molecule has 5 aliphatic rings. The van der Waals surface area contributed by atoms with Gasteiger partial charge in [-0.05, 0) is 74.5 Å². The number of imide groups is 2. The van der Waals surface area contributed by atoms with E-state index in [0.717, 1.165) is 96.8 Å². The fraction of sp³-hybridized carbons (Fsp3) is 0.400. The molecule has 3 saturated heterocycles. The van der Waals surface area contributed by atoms with Crippen molar-refractivity contribution in [2.75, 3.05) is 60.9 Å². The van der Waals surface area contributed by atoms with Crippen LogP contribution in [0.5, 0.6) is 0 Å². The van der Waals surface area contributed by atoms with Crippen LogP contribution in [0.2, 0.25) is 0 Å². The monoisotopic (exact) mass is 696 g/mol. The van der Waals surface area contributed by atoms with Gasteiger partial charge in [0, 0.05) is 68.0 Å². The number of nitrogens with one attached hydrogen (secondary N) is 2. The number of hydrogen-bond donors (Lipinski definition) is 2. The van der Waals surface area contributed by atoms with Crippen LogP contribution < -0.4 is 20.4 Å². The van der Waals surface area contributed by atoms with Crippen molar-refractivity contribution < 1.29 is 24.1 Å². The Morgan fingerprint density at radius 2 is 1.54 bits per heavy atom. The predicted octanol–water partition coefficient (Wildman–Crippen LogP) is 4.03. The number of piperazine rings is 1. The third-order valence-corrected chi connectivity index (χ3v) is 11.6. The summed E-state index contributed by atoms with van der Waals surface area (Å²) in [7, 11) is 0. The molecule has 3 fully saturated rings. The lowest BCUT2D eigenvalue weighted by Crippen LogP contribution is -2.54. The molecule has 4 amide bonds. The number of aromatic nitrogens is 1. The topological polar surface area (TPSA) is 161 Å². The minimum atomic E-state index is -0.967. The molecule has 1 atom stereocenters. The van der Waals surface area contributed by atoms with Crippen LogP contribution >= 0.6 is 11.8 Å². The van der Waals surface area contributed by atoms with Crippen molar-refractivity contribution in [2.45, 2.75) is 47.9 Å². The number of benzene rings is 2. The Bertz CT molecular complexity index is 1920. The number of hydrogen-bond acceptors (Lipinski definition) is 12. The van der Waals surface area contributed by atoms with Crippen molar-refractivity contribution in [1.82, 2.24) is 20.1 Å². The summed E-state index contributed by atoms with van der Waals surface area (Å²) in [5.41, 5.74) is 3.60. The van der Waals surface area contributed by atoms with Gasteiger partial charge in [-0.1, -0.05) is 11.8 Å². The molecule has 14 nitrogen and oxygen atoms in total. The number of carbonyl (C=O) groups is 4. The van der Waals surface area contributed by atoms with Crippen molar-refractivity contribution in [1.29, 1.82) is 0 Å². The molecule has 2 aromatic carbocycles. The summed E-state index contributed by atoms with van der Waals surface area (Å²) in [4.78, 5) is 75.3. The molecule has 6 heterocycles. The number of amides is 4. The standard InChI is InChI=1S/C35H36N8O6S/c44-31-6-5-28(33(45)38-31)42-34(46)25-3-1-22(17-26(25)35(42)47)41-15-13-39(14-16-41)10-7-21-8-11-40(12-9-21)23-2-4-27-29(18-23)50-30-19-24(43(48)49)20-36-32(30)37-27/h1-4,17-21,28H,5-16H2,(H,36,37)(H,38,44,45). The third kappa shape index (κ3) is 6.04. The lowest BCUT2D eigenvalue weighted by Gasteiger charge is -2.38. The average Bonchev–Trinajstić information content (AvgIpc) is 3.37. The second-order valence-electron chi connectivity index (χ2n) is 13.4. The van der Waals surface area contributed by atoms with E-state index in [9.17, 15) is 29.3 Å². The van der Waals surface area contributed by atoms with Gasteiger partial charge in [-0.15, -0.1) is 0 Å². The molecule has 0 spiro atoms. The van der Waals surface area contributed by atoms with E-state index in [1.165, 1.54) is 18.0 Å². The maximum Gasteiger partial charge on any atom is 0.288 e. The molecule has 0 aliphatic carbocycles. The average molecular weight is 697 g/mol. The molecule has 0 bridgehead atoms. The number of fused-ring (bicyclic) bond motifs is 3. The zero-order valence-electron chi connectivity index (χ0n) is 27.3. The quantitative estimate of drug-likeness (QED) is 0.162. The van der Waals surface area contributed by atoms with Gasteiger partial charge >= 0.3 is 0 Å². The van der Waals surface area contributed by atoms with Crippen LogP contribution in [0.4, 0.5) is 28.6 Å². The first-order valence-corrected chi connectivity index (χ1v) is 17.8. The molecular formula is C35H36N8O6S. The molecular weight excluding hydrogens is 661 g/mol. The van der Waals surface area contributed by atoms with Crippen molar-refractivity contribution in [3.8, 4) is 0 Å². The normalized spacial score (nSPS) is 21.0. The highest BCUT2D eigenvalue weighted by Crippen LogP contribution is 2.46. The molecule has 1 unspecified atom stereocenters. The Hall–Kier alpha value is -5.02. The Labute approximate surface area is 292 Å². The Kier molecular flexibility index (Phi) is 8.39. The highest BCUT2D eigenvalue weighted by atomic mass is 32.2. The molecule has 258 valence electrons. The molecule has 2 N–H and O–H groups in total. The van der Waals surface area contributed by atoms with Crippen LogP contribution in [-0.2, 0) is 9.59 Å². The molecule has 0 radical (unpaired) electrons. The van der Waals surface area contributed by atoms with Crippen molar-refractivity contribution >= 4 is 64.0 Å². The molecule has 0 saturated carbocycles. The van der Waals surface area contributed by atoms with E-state index in [2.05, 4.69) is 48.5 Å². The van der Waals surface area contributed by atoms with Crippen LogP contribution in [-0.4, -0.2) is 95.2 Å². The van der Waals surface area contributed by atoms with E-state index < -0.39 is 28.7 Å². The zero-order chi connectivity index (χ0) is 34.5. The van der Waals surface area contributed by atoms with E-state index in [4.69, 9.17) is 0 Å². The van der Waals surface area contributed by atoms with Gasteiger partial charge in [0.15, 0.2) is 0 Å². The van der Waals surface area contributed by atoms with E-state index in [1.807, 2.05) is 6.07 Å². The molecule has 5 aliphatic heterocycles. The number of carbonyl (C=O) groups excluding carboxylic acids is 4. The van der Waals surface area contributed by atoms with Crippen molar-refractivity contribution in [3.05, 3.63) is 69.9 Å². The number of pyridine rings is 1. The Morgan fingerprint density at radius 1 is 0.820 bits per heavy atom. The van der Waals surface area contributed by atoms with Gasteiger partial charge in [-0.2, -0.15) is 0 Å². The minimum absolute atomic E-state index is 0.0151. The molecule has 15 heteroatoms. The molecule has 3 aromatic rings. The van der Waals surface area contributed by atoms with Gasteiger partial charge in [0.1, 0.15) is 18.1 Å². The van der Waals surface area contributed by atoms with Crippen LogP contribution in [0.25, 0.3) is 0 Å². The summed E-state index contributed by atoms with van der Waals surface area (Å²) in [6, 6.07) is 12.3. The van der Waals surface area contributed by atoms with Gasteiger partial charge < -0.3 is 15.1 Å². The maximum absolute atomic E-state index is 13.3. The highest BCUT2D eigenvalue weighted by molar-refractivity contribution is 7.99. The Morgan fingerprint density at radius 3 is 2.30 bits per heavy atom. The largest absolute Gasteiger partial charge is 0.371 e. The SMILES string of the molecule is O=C1CCC(N2C(=O)c3ccc(N4CCN(CCC5CCN(c6ccc7c(c6)Sc6cc([N+](=O)[O-])cnc6N7)CC5)CC4)cc3C2=O)C(=O)N1. The second kappa shape index (κ2) is 13.0. The summed E-state index contributed by atoms with van der Waals surface area (Å²) in [5, 5.41) is 16.8. The van der Waals surface area contributed by atoms with E-state index in [-0.39, 0.29) is 24.4 Å². The Balaban J connectivity index is 0.809. The number of nitro groups is 1. The fourth-order valence-electron chi connectivity index (χ4n) is 7.58. The summed E-state index contributed by atoms with van der Waals surface area (Å²) in [6.45, 7) is 6.46. The number of nitrogens with zero attached hydrogens (tertiary/aromatic N) is 6. The van der Waals surface area contributed by atoms with Crippen molar-refractivity contribution in [3.63, 3.8) is 0 Å². The van der Waals surface area contributed by atoms with Crippen molar-refractivity contribution in [2.24, 2.45) is 5.92 Å². The summed E-state index contributed by atoms with van der Waals surface area (Å²) >= 11 is 1.51. The van der Waals surface area contributed by atoms with Crippen LogP contribution in [0.15, 0.2) is 58.5 Å². The summed E-state index contributed by atoms with van der Waals surface area (Å²) in [6.07, 6.45) is 4.91. The first-order chi connectivity index (χ1) is 24.2. The fourth-order valence-corrected chi connectivity index (χ4v) is 8.60. The van der Waals surface area contributed by atoms with Gasteiger partial charge in [-0.3, -0.25) is 44.4 Å². The van der Waals surface area contributed by atoms with Crippen LogP contribution in [0.3, 0.4) is 0 Å². The lowest BCUT2D eigenvalue weighted by molar-refractivity contribution is -0.385. The smallest absolute Gasteiger partial charge is 0.288 e. The predicted molar refractivity (Wildman–Crippen MR) is 186 cm³/mol.